The number of thiophene rings is 1. The quantitative estimate of drug-likeness (QED) is 0.866. The van der Waals surface area contributed by atoms with Gasteiger partial charge in [0.15, 0.2) is 11.5 Å². The normalized spacial score (nSPS) is 30.3. The van der Waals surface area contributed by atoms with Crippen molar-refractivity contribution in [2.45, 2.75) is 25.0 Å². The molecule has 1 amide bonds. The fourth-order valence-electron chi connectivity index (χ4n) is 4.51. The van der Waals surface area contributed by atoms with Gasteiger partial charge in [-0.3, -0.25) is 4.79 Å². The minimum atomic E-state index is -0.397. The molecule has 0 aromatic carbocycles. The molecule has 0 radical (unpaired) electrons. The number of rotatable bonds is 2. The highest BCUT2D eigenvalue weighted by atomic mass is 32.1. The number of fused-ring (bicyclic) bond motifs is 2. The maximum absolute atomic E-state index is 13.0. The van der Waals surface area contributed by atoms with Gasteiger partial charge in [0.05, 0.1) is 18.5 Å². The Balaban J connectivity index is 1.33. The van der Waals surface area contributed by atoms with Crippen LogP contribution in [0.5, 0.6) is 11.5 Å². The average molecular weight is 375 g/mol. The lowest BCUT2D eigenvalue weighted by Gasteiger charge is -2.35. The Morgan fingerprint density at radius 3 is 2.85 bits per heavy atom. The van der Waals surface area contributed by atoms with Gasteiger partial charge in [-0.1, -0.05) is 0 Å². The van der Waals surface area contributed by atoms with E-state index in [1.54, 1.807) is 12.5 Å². The summed E-state index contributed by atoms with van der Waals surface area (Å²) in [6, 6.07) is 0.0417. The summed E-state index contributed by atoms with van der Waals surface area (Å²) in [7, 11) is 0. The number of nitrogens with zero attached hydrogens (tertiary/aromatic N) is 3. The van der Waals surface area contributed by atoms with Crippen LogP contribution in [0.25, 0.3) is 0 Å². The van der Waals surface area contributed by atoms with E-state index in [0.29, 0.717) is 48.0 Å². The summed E-state index contributed by atoms with van der Waals surface area (Å²) in [5, 5.41) is 12.4. The Labute approximate surface area is 155 Å². The molecule has 1 saturated carbocycles. The van der Waals surface area contributed by atoms with E-state index < -0.39 is 6.10 Å². The van der Waals surface area contributed by atoms with E-state index in [0.717, 1.165) is 19.4 Å². The van der Waals surface area contributed by atoms with E-state index in [9.17, 15) is 9.90 Å². The van der Waals surface area contributed by atoms with Crippen LogP contribution in [-0.2, 0) is 0 Å². The molecular weight excluding hydrogens is 354 g/mol. The second-order valence-electron chi connectivity index (χ2n) is 7.30. The molecule has 4 atom stereocenters. The van der Waals surface area contributed by atoms with Gasteiger partial charge in [0.2, 0.25) is 0 Å². The first-order chi connectivity index (χ1) is 12.7. The van der Waals surface area contributed by atoms with Gasteiger partial charge in [-0.2, -0.15) is 0 Å². The number of aliphatic hydroxyl groups excluding tert-OH is 1. The standard InChI is InChI=1S/C18H21N3O4S/c22-14-6-12-8-21(7-11(12)5-13(14)20-2-1-19-10-20)18(23)17-16-15(9-26-17)24-3-4-25-16/h1-2,9-14,22H,3-8H2/t11-,12+,13-,14-/m1/s1. The van der Waals surface area contributed by atoms with Crippen LogP contribution in [0.15, 0.2) is 24.1 Å². The van der Waals surface area contributed by atoms with E-state index in [-0.39, 0.29) is 11.9 Å². The summed E-state index contributed by atoms with van der Waals surface area (Å²) in [6.07, 6.45) is 6.61. The van der Waals surface area contributed by atoms with Gasteiger partial charge in [-0.15, -0.1) is 11.3 Å². The molecule has 7 nitrogen and oxygen atoms in total. The van der Waals surface area contributed by atoms with Crippen LogP contribution in [0.4, 0.5) is 0 Å². The van der Waals surface area contributed by atoms with Gasteiger partial charge in [0.25, 0.3) is 5.91 Å². The molecule has 3 aliphatic rings. The Hall–Kier alpha value is -2.06. The van der Waals surface area contributed by atoms with E-state index in [4.69, 9.17) is 9.47 Å². The van der Waals surface area contributed by atoms with Crippen molar-refractivity contribution in [3.63, 3.8) is 0 Å². The molecule has 2 aromatic heterocycles. The first-order valence-electron chi connectivity index (χ1n) is 9.02. The number of carbonyl (C=O) groups excluding carboxylic acids is 1. The number of imidazole rings is 1. The first kappa shape index (κ1) is 16.1. The SMILES string of the molecule is O=C(c1scc2c1OCCO2)N1C[C@H]2C[C@@H](n3ccnc3)[C@H](O)C[C@H]2C1. The molecule has 0 bridgehead atoms. The molecule has 2 aromatic rings. The highest BCUT2D eigenvalue weighted by Crippen LogP contribution is 2.44. The van der Waals surface area contributed by atoms with Crippen LogP contribution in [0.3, 0.4) is 0 Å². The molecule has 8 heteroatoms. The van der Waals surface area contributed by atoms with Crippen molar-refractivity contribution in [2.75, 3.05) is 26.3 Å². The van der Waals surface area contributed by atoms with Gasteiger partial charge in [0.1, 0.15) is 18.1 Å². The van der Waals surface area contributed by atoms with Gasteiger partial charge >= 0.3 is 0 Å². The van der Waals surface area contributed by atoms with Crippen molar-refractivity contribution >= 4 is 17.2 Å². The largest absolute Gasteiger partial charge is 0.485 e. The average Bonchev–Trinajstić information content (AvgIpc) is 3.39. The molecule has 1 saturated heterocycles. The van der Waals surface area contributed by atoms with Crippen LogP contribution in [0, 0.1) is 11.8 Å². The smallest absolute Gasteiger partial charge is 0.267 e. The topological polar surface area (TPSA) is 76.8 Å². The van der Waals surface area contributed by atoms with Crippen molar-refractivity contribution in [1.29, 1.82) is 0 Å². The zero-order chi connectivity index (χ0) is 17.7. The van der Waals surface area contributed by atoms with E-state index in [2.05, 4.69) is 4.98 Å². The minimum absolute atomic E-state index is 0.0184. The monoisotopic (exact) mass is 375 g/mol. The predicted octanol–water partition coefficient (Wildman–Crippen LogP) is 1.80. The van der Waals surface area contributed by atoms with Crippen LogP contribution >= 0.6 is 11.3 Å². The molecule has 4 heterocycles. The molecule has 26 heavy (non-hydrogen) atoms. The van der Waals surface area contributed by atoms with Gasteiger partial charge in [-0.25, -0.2) is 4.98 Å². The highest BCUT2D eigenvalue weighted by molar-refractivity contribution is 7.12. The Morgan fingerprint density at radius 2 is 2.04 bits per heavy atom. The third-order valence-electron chi connectivity index (χ3n) is 5.80. The lowest BCUT2D eigenvalue weighted by molar-refractivity contribution is 0.0357. The molecule has 1 aliphatic carbocycles. The van der Waals surface area contributed by atoms with E-state index in [1.807, 2.05) is 21.0 Å². The van der Waals surface area contributed by atoms with Crippen molar-refractivity contribution in [3.05, 3.63) is 29.0 Å². The zero-order valence-electron chi connectivity index (χ0n) is 14.3. The third-order valence-corrected chi connectivity index (χ3v) is 6.73. The summed E-state index contributed by atoms with van der Waals surface area (Å²) in [4.78, 5) is 19.7. The maximum atomic E-state index is 13.0. The molecule has 5 rings (SSSR count). The van der Waals surface area contributed by atoms with E-state index in [1.165, 1.54) is 11.3 Å². The van der Waals surface area contributed by atoms with Crippen LogP contribution in [0.2, 0.25) is 0 Å². The zero-order valence-corrected chi connectivity index (χ0v) is 15.1. The Kier molecular flexibility index (Phi) is 3.90. The maximum Gasteiger partial charge on any atom is 0.267 e. The number of hydrogen-bond acceptors (Lipinski definition) is 6. The lowest BCUT2D eigenvalue weighted by atomic mass is 9.77. The molecule has 0 spiro atoms. The Bertz CT molecular complexity index is 805. The number of amides is 1. The number of carbonyl (C=O) groups is 1. The third kappa shape index (κ3) is 2.59. The Morgan fingerprint density at radius 1 is 1.23 bits per heavy atom. The molecule has 0 unspecified atom stereocenters. The lowest BCUT2D eigenvalue weighted by Crippen LogP contribution is -2.35. The predicted molar refractivity (Wildman–Crippen MR) is 94.7 cm³/mol. The summed E-state index contributed by atoms with van der Waals surface area (Å²) in [6.45, 7) is 2.44. The number of ether oxygens (including phenoxy) is 2. The highest BCUT2D eigenvalue weighted by Gasteiger charge is 2.44. The number of likely N-dealkylation sites (tertiary alicyclic amines) is 1. The van der Waals surface area contributed by atoms with Gasteiger partial charge < -0.3 is 24.0 Å². The van der Waals surface area contributed by atoms with Crippen molar-refractivity contribution in [3.8, 4) is 11.5 Å². The van der Waals surface area contributed by atoms with Crippen LogP contribution < -0.4 is 9.47 Å². The molecule has 2 aliphatic heterocycles. The second kappa shape index (κ2) is 6.28. The van der Waals surface area contributed by atoms with E-state index >= 15 is 0 Å². The summed E-state index contributed by atoms with van der Waals surface area (Å²) in [5.74, 6) is 2.04. The van der Waals surface area contributed by atoms with Crippen molar-refractivity contribution < 1.29 is 19.4 Å². The minimum Gasteiger partial charge on any atom is -0.485 e. The fourth-order valence-corrected chi connectivity index (χ4v) is 5.41. The van der Waals surface area contributed by atoms with Gasteiger partial charge in [-0.05, 0) is 24.7 Å². The second-order valence-corrected chi connectivity index (χ2v) is 8.18. The van der Waals surface area contributed by atoms with Gasteiger partial charge in [0, 0.05) is 30.9 Å². The summed E-state index contributed by atoms with van der Waals surface area (Å²) >= 11 is 1.39. The number of aliphatic hydroxyl groups is 1. The number of aromatic nitrogens is 2. The fraction of sp³-hybridized carbons (Fsp3) is 0.556. The van der Waals surface area contributed by atoms with Crippen LogP contribution in [0.1, 0.15) is 28.6 Å². The molecule has 1 N–H and O–H groups in total. The molecular formula is C18H21N3O4S. The molecule has 2 fully saturated rings. The summed E-state index contributed by atoms with van der Waals surface area (Å²) in [5.41, 5.74) is 0. The summed E-state index contributed by atoms with van der Waals surface area (Å²) < 4.78 is 13.2. The van der Waals surface area contributed by atoms with Crippen molar-refractivity contribution in [2.24, 2.45) is 11.8 Å². The van der Waals surface area contributed by atoms with Crippen LogP contribution in [-0.4, -0.2) is 57.9 Å². The van der Waals surface area contributed by atoms with Crippen molar-refractivity contribution in [1.82, 2.24) is 14.5 Å². The first-order valence-corrected chi connectivity index (χ1v) is 9.90. The molecule has 138 valence electrons. The number of hydrogen-bond donors (Lipinski definition) is 1.